The summed E-state index contributed by atoms with van der Waals surface area (Å²) in [5, 5.41) is 9.02. The van der Waals surface area contributed by atoms with Crippen LogP contribution in [0.4, 0.5) is 0 Å². The first-order valence-electron chi connectivity index (χ1n) is 5.53. The van der Waals surface area contributed by atoms with E-state index in [1.165, 1.54) is 19.3 Å². The van der Waals surface area contributed by atoms with E-state index in [-0.39, 0.29) is 0 Å². The van der Waals surface area contributed by atoms with Crippen LogP contribution < -0.4 is 0 Å². The van der Waals surface area contributed by atoms with Crippen molar-refractivity contribution in [3.63, 3.8) is 0 Å². The number of aliphatic hydroxyl groups excluding tert-OH is 1. The van der Waals surface area contributed by atoms with Crippen LogP contribution in [0.2, 0.25) is 0 Å². The third-order valence-electron chi connectivity index (χ3n) is 2.95. The summed E-state index contributed by atoms with van der Waals surface area (Å²) in [7, 11) is 0. The first-order chi connectivity index (χ1) is 6.61. The molecule has 0 aromatic rings. The predicted molar refractivity (Wildman–Crippen MR) is 58.9 cm³/mol. The van der Waals surface area contributed by atoms with Crippen molar-refractivity contribution in [3.05, 3.63) is 0 Å². The zero-order valence-electron chi connectivity index (χ0n) is 9.45. The Bertz CT molecular complexity index is 216. The van der Waals surface area contributed by atoms with Gasteiger partial charge in [-0.25, -0.2) is 0 Å². The molecule has 1 rings (SSSR count). The second kappa shape index (κ2) is 5.38. The number of piperidine rings is 1. The summed E-state index contributed by atoms with van der Waals surface area (Å²) in [4.78, 5) is 2.43. The molecule has 2 nitrogen and oxygen atoms in total. The maximum absolute atomic E-state index is 9.02. The second-order valence-corrected chi connectivity index (χ2v) is 4.30. The Morgan fingerprint density at radius 2 is 1.93 bits per heavy atom. The summed E-state index contributed by atoms with van der Waals surface area (Å²) in [5.41, 5.74) is 0. The highest BCUT2D eigenvalue weighted by atomic mass is 16.3. The maximum Gasteiger partial charge on any atom is 0.112 e. The van der Waals surface area contributed by atoms with Crippen molar-refractivity contribution in [3.8, 4) is 11.8 Å². The SMILES string of the molecule is C[C@@H](O)C#CCN1[C@@H](C)CCC[C@@H]1C. The van der Waals surface area contributed by atoms with Crippen LogP contribution in [0, 0.1) is 11.8 Å². The number of hydrogen-bond donors (Lipinski definition) is 1. The quantitative estimate of drug-likeness (QED) is 0.643. The van der Waals surface area contributed by atoms with Crippen molar-refractivity contribution in [1.29, 1.82) is 0 Å². The minimum atomic E-state index is -0.495. The summed E-state index contributed by atoms with van der Waals surface area (Å²) >= 11 is 0. The molecule has 14 heavy (non-hydrogen) atoms. The summed E-state index contributed by atoms with van der Waals surface area (Å²) in [5.74, 6) is 5.84. The van der Waals surface area contributed by atoms with Crippen molar-refractivity contribution in [2.75, 3.05) is 6.54 Å². The number of nitrogens with zero attached hydrogens (tertiary/aromatic N) is 1. The van der Waals surface area contributed by atoms with Gasteiger partial charge in [-0.05, 0) is 33.6 Å². The fourth-order valence-electron chi connectivity index (χ4n) is 2.07. The number of hydrogen-bond acceptors (Lipinski definition) is 2. The molecule has 1 heterocycles. The normalized spacial score (nSPS) is 30.6. The monoisotopic (exact) mass is 195 g/mol. The van der Waals surface area contributed by atoms with Gasteiger partial charge in [0.1, 0.15) is 6.10 Å². The minimum Gasteiger partial charge on any atom is -0.381 e. The smallest absolute Gasteiger partial charge is 0.112 e. The first kappa shape index (κ1) is 11.6. The highest BCUT2D eigenvalue weighted by Crippen LogP contribution is 2.21. The topological polar surface area (TPSA) is 23.5 Å². The highest BCUT2D eigenvalue weighted by molar-refractivity contribution is 5.06. The molecule has 0 aromatic carbocycles. The van der Waals surface area contributed by atoms with Gasteiger partial charge in [0, 0.05) is 12.1 Å². The van der Waals surface area contributed by atoms with Gasteiger partial charge in [0.2, 0.25) is 0 Å². The Kier molecular flexibility index (Phi) is 4.44. The average molecular weight is 195 g/mol. The molecular formula is C12H21NO. The Hall–Kier alpha value is -0.520. The van der Waals surface area contributed by atoms with Gasteiger partial charge in [-0.1, -0.05) is 18.3 Å². The van der Waals surface area contributed by atoms with E-state index in [1.807, 2.05) is 0 Å². The van der Waals surface area contributed by atoms with Gasteiger partial charge in [0.15, 0.2) is 0 Å². The van der Waals surface area contributed by atoms with Gasteiger partial charge in [0.05, 0.1) is 6.54 Å². The lowest BCUT2D eigenvalue weighted by Gasteiger charge is -2.37. The number of rotatable bonds is 1. The second-order valence-electron chi connectivity index (χ2n) is 4.30. The molecule has 3 atom stereocenters. The molecule has 2 heteroatoms. The molecule has 0 bridgehead atoms. The largest absolute Gasteiger partial charge is 0.381 e. The molecule has 1 aliphatic heterocycles. The average Bonchev–Trinajstić information content (AvgIpc) is 2.09. The van der Waals surface area contributed by atoms with Gasteiger partial charge in [-0.2, -0.15) is 0 Å². The summed E-state index contributed by atoms with van der Waals surface area (Å²) in [6.07, 6.45) is 3.40. The zero-order valence-corrected chi connectivity index (χ0v) is 9.45. The van der Waals surface area contributed by atoms with Gasteiger partial charge in [0.25, 0.3) is 0 Å². The molecule has 0 radical (unpaired) electrons. The molecule has 80 valence electrons. The van der Waals surface area contributed by atoms with E-state index >= 15 is 0 Å². The van der Waals surface area contributed by atoms with Crippen molar-refractivity contribution in [2.45, 2.75) is 58.2 Å². The van der Waals surface area contributed by atoms with Crippen molar-refractivity contribution in [2.24, 2.45) is 0 Å². The lowest BCUT2D eigenvalue weighted by Crippen LogP contribution is -2.43. The van der Waals surface area contributed by atoms with E-state index < -0.39 is 6.10 Å². The van der Waals surface area contributed by atoms with Crippen molar-refractivity contribution >= 4 is 0 Å². The fraction of sp³-hybridized carbons (Fsp3) is 0.833. The summed E-state index contributed by atoms with van der Waals surface area (Å²) in [6, 6.07) is 1.28. The van der Waals surface area contributed by atoms with Crippen molar-refractivity contribution in [1.82, 2.24) is 4.90 Å². The lowest BCUT2D eigenvalue weighted by molar-refractivity contribution is 0.121. The van der Waals surface area contributed by atoms with Gasteiger partial charge in [-0.15, -0.1) is 0 Å². The van der Waals surface area contributed by atoms with E-state index in [2.05, 4.69) is 30.6 Å². The highest BCUT2D eigenvalue weighted by Gasteiger charge is 2.23. The lowest BCUT2D eigenvalue weighted by atomic mass is 9.98. The molecule has 1 saturated heterocycles. The molecule has 0 amide bonds. The molecule has 1 fully saturated rings. The van der Waals surface area contributed by atoms with Crippen LogP contribution in [0.1, 0.15) is 40.0 Å². The number of likely N-dealkylation sites (tertiary alicyclic amines) is 1. The molecule has 0 aliphatic carbocycles. The van der Waals surface area contributed by atoms with E-state index in [1.54, 1.807) is 6.92 Å². The Morgan fingerprint density at radius 1 is 1.36 bits per heavy atom. The Balaban J connectivity index is 2.45. The Labute approximate surface area is 87.3 Å². The van der Waals surface area contributed by atoms with Crippen LogP contribution in [-0.4, -0.2) is 34.7 Å². The van der Waals surface area contributed by atoms with Crippen molar-refractivity contribution < 1.29 is 5.11 Å². The van der Waals surface area contributed by atoms with Gasteiger partial charge in [-0.3, -0.25) is 4.90 Å². The molecule has 1 aliphatic rings. The van der Waals surface area contributed by atoms with Crippen LogP contribution in [-0.2, 0) is 0 Å². The molecule has 0 spiro atoms. The Morgan fingerprint density at radius 3 is 2.43 bits per heavy atom. The first-order valence-corrected chi connectivity index (χ1v) is 5.53. The van der Waals surface area contributed by atoms with Crippen LogP contribution in [0.3, 0.4) is 0 Å². The molecular weight excluding hydrogens is 174 g/mol. The predicted octanol–water partition coefficient (Wildman–Crippen LogP) is 1.63. The third-order valence-corrected chi connectivity index (χ3v) is 2.95. The van der Waals surface area contributed by atoms with Crippen LogP contribution >= 0.6 is 0 Å². The summed E-state index contributed by atoms with van der Waals surface area (Å²) < 4.78 is 0. The van der Waals surface area contributed by atoms with Gasteiger partial charge >= 0.3 is 0 Å². The fourth-order valence-corrected chi connectivity index (χ4v) is 2.07. The zero-order chi connectivity index (χ0) is 10.6. The van der Waals surface area contributed by atoms with Crippen LogP contribution in [0.5, 0.6) is 0 Å². The summed E-state index contributed by atoms with van der Waals surface area (Å²) in [6.45, 7) is 7.03. The molecule has 0 unspecified atom stereocenters. The third kappa shape index (κ3) is 3.32. The number of aliphatic hydroxyl groups is 1. The molecule has 1 N–H and O–H groups in total. The van der Waals surface area contributed by atoms with E-state index in [0.717, 1.165) is 6.54 Å². The van der Waals surface area contributed by atoms with E-state index in [0.29, 0.717) is 12.1 Å². The van der Waals surface area contributed by atoms with E-state index in [4.69, 9.17) is 5.11 Å². The molecule has 0 saturated carbocycles. The van der Waals surface area contributed by atoms with Crippen LogP contribution in [0.15, 0.2) is 0 Å². The van der Waals surface area contributed by atoms with Gasteiger partial charge < -0.3 is 5.11 Å². The standard InChI is InChI=1S/C12H21NO/c1-10-6-4-7-11(2)13(10)9-5-8-12(3)14/h10-12,14H,4,6-7,9H2,1-3H3/t10-,11-,12+/m0/s1. The maximum atomic E-state index is 9.02. The van der Waals surface area contributed by atoms with Crippen LogP contribution in [0.25, 0.3) is 0 Å². The minimum absolute atomic E-state index is 0.495. The van der Waals surface area contributed by atoms with E-state index in [9.17, 15) is 0 Å². The molecule has 0 aromatic heterocycles.